The van der Waals surface area contributed by atoms with Gasteiger partial charge in [0.2, 0.25) is 0 Å². The zero-order chi connectivity index (χ0) is 6.91. The fraction of sp³-hybridized carbons (Fsp3) is 1.00. The van der Waals surface area contributed by atoms with Gasteiger partial charge >= 0.3 is 0 Å². The normalized spacial score (nSPS) is 33.0. The molecule has 1 rings (SSSR count). The van der Waals surface area contributed by atoms with Gasteiger partial charge in [-0.2, -0.15) is 4.89 Å². The first-order valence-corrected chi connectivity index (χ1v) is 3.16. The Kier molecular flexibility index (Phi) is 1.75. The van der Waals surface area contributed by atoms with E-state index in [1.54, 1.807) is 0 Å². The molecule has 1 aliphatic rings. The van der Waals surface area contributed by atoms with E-state index in [2.05, 4.69) is 0 Å². The van der Waals surface area contributed by atoms with Crippen LogP contribution in [0.25, 0.3) is 0 Å². The average molecular weight is 132 g/mol. The molecule has 1 saturated heterocycles. The van der Waals surface area contributed by atoms with Gasteiger partial charge in [0, 0.05) is 0 Å². The first-order chi connectivity index (χ1) is 4.14. The fourth-order valence-corrected chi connectivity index (χ4v) is 0.677. The summed E-state index contributed by atoms with van der Waals surface area (Å²) in [7, 11) is 0. The van der Waals surface area contributed by atoms with Crippen LogP contribution >= 0.6 is 0 Å². The SMILES string of the molecule is CCC1OOC(C)(C)O1. The first-order valence-electron chi connectivity index (χ1n) is 3.16. The highest BCUT2D eigenvalue weighted by Gasteiger charge is 2.33. The smallest absolute Gasteiger partial charge is 0.199 e. The highest BCUT2D eigenvalue weighted by molar-refractivity contribution is 4.56. The van der Waals surface area contributed by atoms with Gasteiger partial charge in [0.1, 0.15) is 0 Å². The van der Waals surface area contributed by atoms with Gasteiger partial charge < -0.3 is 4.74 Å². The van der Waals surface area contributed by atoms with Crippen molar-refractivity contribution in [2.45, 2.75) is 39.3 Å². The molecule has 0 aromatic carbocycles. The van der Waals surface area contributed by atoms with Crippen molar-refractivity contribution in [3.8, 4) is 0 Å². The molecule has 1 fully saturated rings. The standard InChI is InChI=1S/C6H12O3/c1-4-5-7-6(2,3)9-8-5/h5H,4H2,1-3H3. The summed E-state index contributed by atoms with van der Waals surface area (Å²) < 4.78 is 5.25. The van der Waals surface area contributed by atoms with Crippen LogP contribution in [0.5, 0.6) is 0 Å². The number of rotatable bonds is 1. The molecule has 0 aliphatic carbocycles. The van der Waals surface area contributed by atoms with Crippen molar-refractivity contribution in [2.75, 3.05) is 0 Å². The van der Waals surface area contributed by atoms with Crippen molar-refractivity contribution in [2.24, 2.45) is 0 Å². The van der Waals surface area contributed by atoms with Crippen molar-refractivity contribution < 1.29 is 14.5 Å². The van der Waals surface area contributed by atoms with Gasteiger partial charge in [0.25, 0.3) is 0 Å². The predicted octanol–water partition coefficient (Wildman–Crippen LogP) is 1.44. The van der Waals surface area contributed by atoms with E-state index < -0.39 is 5.79 Å². The lowest BCUT2D eigenvalue weighted by Gasteiger charge is -2.11. The zero-order valence-electron chi connectivity index (χ0n) is 6.01. The molecule has 0 N–H and O–H groups in total. The maximum absolute atomic E-state index is 5.25. The van der Waals surface area contributed by atoms with Gasteiger partial charge in [0.05, 0.1) is 0 Å². The van der Waals surface area contributed by atoms with E-state index in [0.29, 0.717) is 0 Å². The van der Waals surface area contributed by atoms with Crippen LogP contribution in [0, 0.1) is 0 Å². The van der Waals surface area contributed by atoms with Gasteiger partial charge in [-0.05, 0) is 20.3 Å². The second kappa shape index (κ2) is 2.25. The number of ether oxygens (including phenoxy) is 1. The molecule has 0 spiro atoms. The Hall–Kier alpha value is -0.120. The third-order valence-electron chi connectivity index (χ3n) is 1.10. The Morgan fingerprint density at radius 3 is 2.33 bits per heavy atom. The molecule has 3 nitrogen and oxygen atoms in total. The third-order valence-corrected chi connectivity index (χ3v) is 1.10. The Bertz CT molecular complexity index is 100. The van der Waals surface area contributed by atoms with E-state index in [1.165, 1.54) is 0 Å². The first kappa shape index (κ1) is 6.99. The van der Waals surface area contributed by atoms with Gasteiger partial charge in [-0.1, -0.05) is 6.92 Å². The molecule has 0 aromatic heterocycles. The maximum Gasteiger partial charge on any atom is 0.199 e. The second-order valence-electron chi connectivity index (χ2n) is 2.54. The van der Waals surface area contributed by atoms with E-state index in [9.17, 15) is 0 Å². The van der Waals surface area contributed by atoms with Crippen LogP contribution in [0.1, 0.15) is 27.2 Å². The molecule has 54 valence electrons. The summed E-state index contributed by atoms with van der Waals surface area (Å²) in [6.45, 7) is 5.63. The third kappa shape index (κ3) is 1.64. The molecule has 0 amide bonds. The van der Waals surface area contributed by atoms with Gasteiger partial charge in [0.15, 0.2) is 12.1 Å². The molecule has 0 saturated carbocycles. The number of hydrogen-bond donors (Lipinski definition) is 0. The Labute approximate surface area is 54.8 Å². The molecule has 0 aromatic rings. The molecule has 3 heteroatoms. The zero-order valence-corrected chi connectivity index (χ0v) is 6.01. The minimum Gasteiger partial charge on any atom is -0.316 e. The summed E-state index contributed by atoms with van der Waals surface area (Å²) in [6.07, 6.45) is 0.642. The van der Waals surface area contributed by atoms with Crippen molar-refractivity contribution in [1.29, 1.82) is 0 Å². The van der Waals surface area contributed by atoms with Crippen molar-refractivity contribution >= 4 is 0 Å². The summed E-state index contributed by atoms with van der Waals surface area (Å²) >= 11 is 0. The minimum absolute atomic E-state index is 0.181. The molecule has 1 atom stereocenters. The lowest BCUT2D eigenvalue weighted by Crippen LogP contribution is -2.21. The van der Waals surface area contributed by atoms with Crippen LogP contribution in [0.15, 0.2) is 0 Å². The number of hydrogen-bond acceptors (Lipinski definition) is 3. The predicted molar refractivity (Wildman–Crippen MR) is 31.4 cm³/mol. The van der Waals surface area contributed by atoms with Crippen molar-refractivity contribution in [3.63, 3.8) is 0 Å². The maximum atomic E-state index is 5.25. The molecule has 0 radical (unpaired) electrons. The summed E-state index contributed by atoms with van der Waals surface area (Å²) in [5, 5.41) is 0. The lowest BCUT2D eigenvalue weighted by molar-refractivity contribution is -0.321. The molecule has 9 heavy (non-hydrogen) atoms. The van der Waals surface area contributed by atoms with Crippen molar-refractivity contribution in [3.05, 3.63) is 0 Å². The molecular weight excluding hydrogens is 120 g/mol. The van der Waals surface area contributed by atoms with E-state index in [0.717, 1.165) is 6.42 Å². The Morgan fingerprint density at radius 2 is 2.11 bits per heavy atom. The summed E-state index contributed by atoms with van der Waals surface area (Å²) in [5.74, 6) is -0.555. The molecule has 0 bridgehead atoms. The summed E-state index contributed by atoms with van der Waals surface area (Å²) in [5.41, 5.74) is 0. The van der Waals surface area contributed by atoms with Crippen LogP contribution in [-0.2, 0) is 14.5 Å². The van der Waals surface area contributed by atoms with Crippen LogP contribution < -0.4 is 0 Å². The largest absolute Gasteiger partial charge is 0.316 e. The topological polar surface area (TPSA) is 27.7 Å². The second-order valence-corrected chi connectivity index (χ2v) is 2.54. The highest BCUT2D eigenvalue weighted by Crippen LogP contribution is 2.24. The quantitative estimate of drug-likeness (QED) is 0.505. The van der Waals surface area contributed by atoms with Crippen LogP contribution in [0.3, 0.4) is 0 Å². The summed E-state index contributed by atoms with van der Waals surface area (Å²) in [6, 6.07) is 0. The lowest BCUT2D eigenvalue weighted by atomic mass is 10.4. The van der Waals surface area contributed by atoms with Crippen LogP contribution in [0.2, 0.25) is 0 Å². The monoisotopic (exact) mass is 132 g/mol. The molecule has 1 unspecified atom stereocenters. The van der Waals surface area contributed by atoms with E-state index >= 15 is 0 Å². The highest BCUT2D eigenvalue weighted by atomic mass is 17.3. The van der Waals surface area contributed by atoms with Crippen molar-refractivity contribution in [1.82, 2.24) is 0 Å². The molecular formula is C6H12O3. The van der Waals surface area contributed by atoms with E-state index in [4.69, 9.17) is 14.5 Å². The average Bonchev–Trinajstić information content (AvgIpc) is 2.10. The van der Waals surface area contributed by atoms with Gasteiger partial charge in [-0.15, -0.1) is 0 Å². The van der Waals surface area contributed by atoms with E-state index in [-0.39, 0.29) is 6.29 Å². The Morgan fingerprint density at radius 1 is 1.44 bits per heavy atom. The van der Waals surface area contributed by atoms with Gasteiger partial charge in [-0.3, -0.25) is 0 Å². The minimum atomic E-state index is -0.555. The van der Waals surface area contributed by atoms with Crippen LogP contribution in [0.4, 0.5) is 0 Å². The fourth-order valence-electron chi connectivity index (χ4n) is 0.677. The molecule has 1 aliphatic heterocycles. The Balaban J connectivity index is 2.38. The summed E-state index contributed by atoms with van der Waals surface area (Å²) in [4.78, 5) is 9.62. The van der Waals surface area contributed by atoms with Crippen LogP contribution in [-0.4, -0.2) is 12.1 Å². The molecule has 1 heterocycles. The van der Waals surface area contributed by atoms with Gasteiger partial charge in [-0.25, -0.2) is 4.89 Å². The van der Waals surface area contributed by atoms with E-state index in [1.807, 2.05) is 20.8 Å².